The summed E-state index contributed by atoms with van der Waals surface area (Å²) < 4.78 is 38.1. The van der Waals surface area contributed by atoms with Crippen LogP contribution in [-0.4, -0.2) is 70.1 Å². The Morgan fingerprint density at radius 2 is 1.84 bits per heavy atom. The van der Waals surface area contributed by atoms with Gasteiger partial charge in [-0.25, -0.2) is 8.42 Å². The number of benzene rings is 1. The fourth-order valence-electron chi connectivity index (χ4n) is 3.48. The molecule has 0 bridgehead atoms. The Hall–Kier alpha value is -1.78. The quantitative estimate of drug-likeness (QED) is 0.494. The minimum Gasteiger partial charge on any atom is -0.497 e. The van der Waals surface area contributed by atoms with Gasteiger partial charge in [-0.3, -0.25) is 9.59 Å². The first kappa shape index (κ1) is 25.5. The Balaban J connectivity index is 1.99. The van der Waals surface area contributed by atoms with Crippen molar-refractivity contribution in [1.82, 2.24) is 9.62 Å². The molecule has 1 aromatic rings. The molecule has 1 atom stereocenters. The van der Waals surface area contributed by atoms with Crippen LogP contribution in [0.4, 0.5) is 0 Å². The molecule has 1 N–H and O–H groups in total. The van der Waals surface area contributed by atoms with Gasteiger partial charge in [0.25, 0.3) is 5.91 Å². The summed E-state index contributed by atoms with van der Waals surface area (Å²) in [5.41, 5.74) is 0. The molecule has 1 aromatic carbocycles. The van der Waals surface area contributed by atoms with E-state index in [1.165, 1.54) is 49.6 Å². The van der Waals surface area contributed by atoms with Gasteiger partial charge in [0, 0.05) is 13.1 Å². The number of carbonyl (C=O) groups excluding carboxylic acids is 2. The third-order valence-electron chi connectivity index (χ3n) is 5.42. The van der Waals surface area contributed by atoms with Gasteiger partial charge in [-0.05, 0) is 55.5 Å². The topological polar surface area (TPSA) is 102 Å². The number of hydrogen-bond acceptors (Lipinski definition) is 7. The number of esters is 1. The van der Waals surface area contributed by atoms with Crippen molar-refractivity contribution in [3.8, 4) is 5.75 Å². The number of sulfonamides is 1. The summed E-state index contributed by atoms with van der Waals surface area (Å²) in [6.45, 7) is -0.397. The largest absolute Gasteiger partial charge is 0.497 e. The predicted octanol–water partition coefficient (Wildman–Crippen LogP) is 2.43. The van der Waals surface area contributed by atoms with Crippen molar-refractivity contribution >= 4 is 33.7 Å². The Morgan fingerprint density at radius 1 is 1.19 bits per heavy atom. The predicted molar refractivity (Wildman–Crippen MR) is 121 cm³/mol. The van der Waals surface area contributed by atoms with Crippen molar-refractivity contribution in [2.24, 2.45) is 0 Å². The molecule has 1 fully saturated rings. The first-order chi connectivity index (χ1) is 14.8. The molecule has 174 valence electrons. The van der Waals surface area contributed by atoms with Crippen molar-refractivity contribution in [2.75, 3.05) is 32.8 Å². The van der Waals surface area contributed by atoms with Gasteiger partial charge in [0.15, 0.2) is 6.61 Å². The molecule has 2 rings (SSSR count). The second-order valence-electron chi connectivity index (χ2n) is 7.54. The van der Waals surface area contributed by atoms with E-state index in [1.54, 1.807) is 11.9 Å². The molecular weight excluding hydrogens is 440 g/mol. The molecule has 0 radical (unpaired) electrons. The SMILES string of the molecule is COc1ccc(S(=O)(=O)NC(CCSC)C(=O)OCC(=O)N(C)C2CCCCC2)cc1. The van der Waals surface area contributed by atoms with Crippen LogP contribution in [-0.2, 0) is 24.3 Å². The van der Waals surface area contributed by atoms with E-state index in [1.807, 2.05) is 6.26 Å². The normalized spacial score (nSPS) is 15.8. The number of methoxy groups -OCH3 is 1. The number of ether oxygens (including phenoxy) is 2. The maximum Gasteiger partial charge on any atom is 0.324 e. The van der Waals surface area contributed by atoms with Gasteiger partial charge in [-0.15, -0.1) is 0 Å². The lowest BCUT2D eigenvalue weighted by molar-refractivity contribution is -0.154. The van der Waals surface area contributed by atoms with Gasteiger partial charge in [0.2, 0.25) is 10.0 Å². The molecule has 1 saturated carbocycles. The van der Waals surface area contributed by atoms with Crippen LogP contribution in [0.1, 0.15) is 38.5 Å². The summed E-state index contributed by atoms with van der Waals surface area (Å²) in [5, 5.41) is 0. The Kier molecular flexibility index (Phi) is 10.1. The van der Waals surface area contributed by atoms with Gasteiger partial charge in [0.1, 0.15) is 11.8 Å². The average Bonchev–Trinajstić information content (AvgIpc) is 2.79. The first-order valence-corrected chi connectivity index (χ1v) is 13.2. The molecule has 0 heterocycles. The number of nitrogens with zero attached hydrogens (tertiary/aromatic N) is 1. The summed E-state index contributed by atoms with van der Waals surface area (Å²) in [7, 11) is -0.728. The summed E-state index contributed by atoms with van der Waals surface area (Å²) in [6.07, 6.45) is 7.38. The number of amides is 1. The lowest BCUT2D eigenvalue weighted by Crippen LogP contribution is -2.44. The third-order valence-corrected chi connectivity index (χ3v) is 7.55. The third kappa shape index (κ3) is 7.69. The summed E-state index contributed by atoms with van der Waals surface area (Å²) in [5.74, 6) is 0.0529. The highest BCUT2D eigenvalue weighted by Gasteiger charge is 2.28. The molecule has 8 nitrogen and oxygen atoms in total. The van der Waals surface area contributed by atoms with Crippen LogP contribution in [0.5, 0.6) is 5.75 Å². The molecule has 1 aliphatic carbocycles. The van der Waals surface area contributed by atoms with Crippen LogP contribution in [0, 0.1) is 0 Å². The summed E-state index contributed by atoms with van der Waals surface area (Å²) in [4.78, 5) is 26.7. The lowest BCUT2D eigenvalue weighted by atomic mass is 9.94. The molecule has 0 saturated heterocycles. The number of thioether (sulfide) groups is 1. The molecule has 0 spiro atoms. The van der Waals surface area contributed by atoms with Crippen LogP contribution in [0.25, 0.3) is 0 Å². The van der Waals surface area contributed by atoms with Gasteiger partial charge < -0.3 is 14.4 Å². The number of carbonyl (C=O) groups is 2. The highest BCUT2D eigenvalue weighted by molar-refractivity contribution is 7.98. The Bertz CT molecular complexity index is 823. The molecule has 1 aliphatic rings. The van der Waals surface area contributed by atoms with E-state index in [0.29, 0.717) is 11.5 Å². The molecule has 31 heavy (non-hydrogen) atoms. The zero-order valence-corrected chi connectivity index (χ0v) is 20.0. The van der Waals surface area contributed by atoms with Crippen molar-refractivity contribution in [1.29, 1.82) is 0 Å². The van der Waals surface area contributed by atoms with Crippen LogP contribution in [0.2, 0.25) is 0 Å². The van der Waals surface area contributed by atoms with Crippen LogP contribution in [0.15, 0.2) is 29.2 Å². The monoisotopic (exact) mass is 472 g/mol. The standard InChI is InChI=1S/C21H32N2O6S2/c1-23(16-7-5-4-6-8-16)20(24)15-29-21(25)19(13-14-30-3)22-31(26,27)18-11-9-17(28-2)10-12-18/h9-12,16,19,22H,4-8,13-15H2,1-3H3. The van der Waals surface area contributed by atoms with E-state index in [-0.39, 0.29) is 23.3 Å². The average molecular weight is 473 g/mol. The minimum absolute atomic E-state index is 0.0170. The molecule has 10 heteroatoms. The van der Waals surface area contributed by atoms with E-state index >= 15 is 0 Å². The molecule has 0 aliphatic heterocycles. The number of hydrogen-bond donors (Lipinski definition) is 1. The van der Waals surface area contributed by atoms with E-state index in [9.17, 15) is 18.0 Å². The van der Waals surface area contributed by atoms with Crippen molar-refractivity contribution in [3.05, 3.63) is 24.3 Å². The van der Waals surface area contributed by atoms with Gasteiger partial charge in [-0.1, -0.05) is 19.3 Å². The zero-order valence-electron chi connectivity index (χ0n) is 18.3. The van der Waals surface area contributed by atoms with E-state index in [2.05, 4.69) is 4.72 Å². The smallest absolute Gasteiger partial charge is 0.324 e. The van der Waals surface area contributed by atoms with Crippen molar-refractivity contribution < 1.29 is 27.5 Å². The number of likely N-dealkylation sites (N-methyl/N-ethyl adjacent to an activating group) is 1. The first-order valence-electron chi connectivity index (χ1n) is 10.4. The highest BCUT2D eigenvalue weighted by Crippen LogP contribution is 2.22. The van der Waals surface area contributed by atoms with Crippen molar-refractivity contribution in [2.45, 2.75) is 55.5 Å². The van der Waals surface area contributed by atoms with E-state index in [0.717, 1.165) is 25.7 Å². The highest BCUT2D eigenvalue weighted by atomic mass is 32.2. The second kappa shape index (κ2) is 12.3. The lowest BCUT2D eigenvalue weighted by Gasteiger charge is -2.31. The molecule has 0 aromatic heterocycles. The van der Waals surface area contributed by atoms with Crippen LogP contribution < -0.4 is 9.46 Å². The van der Waals surface area contributed by atoms with E-state index in [4.69, 9.17) is 9.47 Å². The van der Waals surface area contributed by atoms with Crippen molar-refractivity contribution in [3.63, 3.8) is 0 Å². The summed E-state index contributed by atoms with van der Waals surface area (Å²) in [6, 6.07) is 4.96. The second-order valence-corrected chi connectivity index (χ2v) is 10.2. The van der Waals surface area contributed by atoms with Gasteiger partial charge >= 0.3 is 5.97 Å². The molecule has 1 unspecified atom stereocenters. The zero-order chi connectivity index (χ0) is 22.9. The van der Waals surface area contributed by atoms with Gasteiger partial charge in [0.05, 0.1) is 12.0 Å². The summed E-state index contributed by atoms with van der Waals surface area (Å²) >= 11 is 1.49. The minimum atomic E-state index is -3.94. The van der Waals surface area contributed by atoms with Gasteiger partial charge in [-0.2, -0.15) is 16.5 Å². The molecular formula is C21H32N2O6S2. The number of nitrogens with one attached hydrogen (secondary N) is 1. The fraction of sp³-hybridized carbons (Fsp3) is 0.619. The maximum absolute atomic E-state index is 12.7. The van der Waals surface area contributed by atoms with Crippen LogP contribution in [0.3, 0.4) is 0 Å². The Morgan fingerprint density at radius 3 is 2.42 bits per heavy atom. The maximum atomic E-state index is 12.7. The fourth-order valence-corrected chi connectivity index (χ4v) is 5.17. The van der Waals surface area contributed by atoms with Crippen LogP contribution >= 0.6 is 11.8 Å². The Labute approximate surface area is 189 Å². The molecule has 1 amide bonds. The van der Waals surface area contributed by atoms with E-state index < -0.39 is 28.6 Å². The number of rotatable bonds is 11.